The molecule has 0 spiro atoms. The molecule has 2 aromatic rings. The Hall–Kier alpha value is -2.06. The lowest BCUT2D eigenvalue weighted by Crippen LogP contribution is -2.39. The van der Waals surface area contributed by atoms with Crippen molar-refractivity contribution in [3.05, 3.63) is 45.0 Å². The predicted molar refractivity (Wildman–Crippen MR) is 90.8 cm³/mol. The highest BCUT2D eigenvalue weighted by atomic mass is 32.2. The normalized spacial score (nSPS) is 12.3. The highest BCUT2D eigenvalue weighted by Crippen LogP contribution is 2.02. The number of H-pyrrole nitrogens is 1. The first-order valence-corrected chi connectivity index (χ1v) is 8.60. The van der Waals surface area contributed by atoms with Crippen molar-refractivity contribution in [2.75, 3.05) is 18.6 Å². The molecule has 7 nitrogen and oxygen atoms in total. The molecule has 1 aromatic heterocycles. The van der Waals surface area contributed by atoms with Gasteiger partial charge >= 0.3 is 0 Å². The fourth-order valence-electron chi connectivity index (χ4n) is 2.17. The van der Waals surface area contributed by atoms with Crippen LogP contribution in [0.1, 0.15) is 6.42 Å². The summed E-state index contributed by atoms with van der Waals surface area (Å²) >= 11 is 1.55. The SMILES string of the molecule is CSCC[C@@H](O)C(=O)NCCn1[nH]c(=O)c2ccccc2c1=O. The van der Waals surface area contributed by atoms with Gasteiger partial charge in [-0.05, 0) is 30.6 Å². The van der Waals surface area contributed by atoms with Gasteiger partial charge < -0.3 is 10.4 Å². The monoisotopic (exact) mass is 337 g/mol. The number of fused-ring (bicyclic) bond motifs is 1. The number of aromatic nitrogens is 2. The molecule has 1 amide bonds. The van der Waals surface area contributed by atoms with Crippen LogP contribution in [0.3, 0.4) is 0 Å². The number of hydrogen-bond acceptors (Lipinski definition) is 5. The average molecular weight is 337 g/mol. The topological polar surface area (TPSA) is 104 Å². The Bertz CT molecular complexity index is 799. The Morgan fingerprint density at radius 2 is 2.04 bits per heavy atom. The average Bonchev–Trinajstić information content (AvgIpc) is 2.56. The van der Waals surface area contributed by atoms with E-state index in [0.717, 1.165) is 0 Å². The number of benzene rings is 1. The molecule has 0 aliphatic carbocycles. The van der Waals surface area contributed by atoms with Crippen LogP contribution in [0, 0.1) is 0 Å². The molecule has 2 rings (SSSR count). The van der Waals surface area contributed by atoms with Crippen LogP contribution in [0.5, 0.6) is 0 Å². The third-order valence-electron chi connectivity index (χ3n) is 3.42. The summed E-state index contributed by atoms with van der Waals surface area (Å²) in [5, 5.41) is 15.4. The first-order valence-electron chi connectivity index (χ1n) is 7.21. The van der Waals surface area contributed by atoms with Crippen molar-refractivity contribution < 1.29 is 9.90 Å². The summed E-state index contributed by atoms with van der Waals surface area (Å²) in [6.07, 6.45) is 1.21. The van der Waals surface area contributed by atoms with Gasteiger partial charge in [0.25, 0.3) is 11.1 Å². The van der Waals surface area contributed by atoms with E-state index in [1.807, 2.05) is 6.26 Å². The maximum Gasteiger partial charge on any atom is 0.273 e. The first-order chi connectivity index (χ1) is 11.0. The molecule has 0 aliphatic heterocycles. The fraction of sp³-hybridized carbons (Fsp3) is 0.400. The van der Waals surface area contributed by atoms with E-state index in [-0.39, 0.29) is 24.2 Å². The number of rotatable bonds is 7. The summed E-state index contributed by atoms with van der Waals surface area (Å²) in [4.78, 5) is 35.9. The molecular formula is C15H19N3O4S. The van der Waals surface area contributed by atoms with Gasteiger partial charge in [-0.2, -0.15) is 11.8 Å². The standard InChI is InChI=1S/C15H19N3O4S/c1-23-9-6-12(19)14(21)16-7-8-18-15(22)11-5-3-2-4-10(11)13(20)17-18/h2-5,12,19H,6-9H2,1H3,(H,16,21)(H,17,20)/t12-/m1/s1. The lowest BCUT2D eigenvalue weighted by atomic mass is 10.2. The lowest BCUT2D eigenvalue weighted by Gasteiger charge is -2.11. The van der Waals surface area contributed by atoms with Crippen LogP contribution >= 0.6 is 11.8 Å². The van der Waals surface area contributed by atoms with Crippen LogP contribution in [-0.2, 0) is 11.3 Å². The van der Waals surface area contributed by atoms with Gasteiger partial charge in [-0.25, -0.2) is 4.68 Å². The van der Waals surface area contributed by atoms with Gasteiger partial charge in [-0.15, -0.1) is 0 Å². The molecule has 0 saturated heterocycles. The first kappa shape index (κ1) is 17.3. The summed E-state index contributed by atoms with van der Waals surface area (Å²) in [6.45, 7) is 0.267. The zero-order valence-corrected chi connectivity index (χ0v) is 13.6. The van der Waals surface area contributed by atoms with Crippen LogP contribution < -0.4 is 16.4 Å². The molecule has 124 valence electrons. The number of hydrogen-bond donors (Lipinski definition) is 3. The molecule has 1 aromatic carbocycles. The van der Waals surface area contributed by atoms with Crippen LogP contribution in [0.2, 0.25) is 0 Å². The van der Waals surface area contributed by atoms with E-state index in [1.54, 1.807) is 36.0 Å². The van der Waals surface area contributed by atoms with Gasteiger partial charge in [0.05, 0.1) is 17.3 Å². The smallest absolute Gasteiger partial charge is 0.273 e. The minimum Gasteiger partial charge on any atom is -0.383 e. The van der Waals surface area contributed by atoms with Gasteiger partial charge in [-0.1, -0.05) is 12.1 Å². The van der Waals surface area contributed by atoms with E-state index in [4.69, 9.17) is 0 Å². The van der Waals surface area contributed by atoms with E-state index < -0.39 is 12.0 Å². The zero-order valence-electron chi connectivity index (χ0n) is 12.7. The molecule has 0 fully saturated rings. The molecule has 1 atom stereocenters. The Balaban J connectivity index is 2.03. The number of aliphatic hydroxyl groups excluding tert-OH is 1. The Morgan fingerprint density at radius 1 is 1.35 bits per heavy atom. The van der Waals surface area contributed by atoms with E-state index >= 15 is 0 Å². The molecule has 1 heterocycles. The zero-order chi connectivity index (χ0) is 16.8. The number of nitrogens with zero attached hydrogens (tertiary/aromatic N) is 1. The minimum atomic E-state index is -1.06. The van der Waals surface area contributed by atoms with Crippen LogP contribution in [-0.4, -0.2) is 45.5 Å². The van der Waals surface area contributed by atoms with E-state index in [9.17, 15) is 19.5 Å². The molecule has 0 aliphatic rings. The van der Waals surface area contributed by atoms with Crippen molar-refractivity contribution >= 4 is 28.4 Å². The molecule has 23 heavy (non-hydrogen) atoms. The summed E-state index contributed by atoms with van der Waals surface area (Å²) in [5.41, 5.74) is -0.677. The van der Waals surface area contributed by atoms with Crippen molar-refractivity contribution in [1.29, 1.82) is 0 Å². The summed E-state index contributed by atoms with van der Waals surface area (Å²) in [5.74, 6) is 0.210. The molecule has 3 N–H and O–H groups in total. The number of aromatic amines is 1. The maximum absolute atomic E-state index is 12.3. The Labute approximate surface area is 136 Å². The van der Waals surface area contributed by atoms with Gasteiger partial charge in [-0.3, -0.25) is 19.5 Å². The highest BCUT2D eigenvalue weighted by molar-refractivity contribution is 7.98. The predicted octanol–water partition coefficient (Wildman–Crippen LogP) is -0.0800. The lowest BCUT2D eigenvalue weighted by molar-refractivity contribution is -0.129. The molecule has 0 radical (unpaired) electrons. The number of carbonyl (C=O) groups is 1. The van der Waals surface area contributed by atoms with Crippen molar-refractivity contribution in [3.63, 3.8) is 0 Å². The van der Waals surface area contributed by atoms with Crippen LogP contribution in [0.25, 0.3) is 10.8 Å². The second-order valence-electron chi connectivity index (χ2n) is 5.03. The second-order valence-corrected chi connectivity index (χ2v) is 6.02. The Morgan fingerprint density at radius 3 is 2.74 bits per heavy atom. The van der Waals surface area contributed by atoms with Gasteiger partial charge in [0.1, 0.15) is 6.10 Å². The molecular weight excluding hydrogens is 318 g/mol. The highest BCUT2D eigenvalue weighted by Gasteiger charge is 2.14. The second kappa shape index (κ2) is 7.98. The molecule has 8 heteroatoms. The van der Waals surface area contributed by atoms with Crippen molar-refractivity contribution in [3.8, 4) is 0 Å². The van der Waals surface area contributed by atoms with Crippen LogP contribution in [0.15, 0.2) is 33.9 Å². The fourth-order valence-corrected chi connectivity index (χ4v) is 2.63. The molecule has 0 bridgehead atoms. The van der Waals surface area contributed by atoms with Crippen molar-refractivity contribution in [2.24, 2.45) is 0 Å². The summed E-state index contributed by atoms with van der Waals surface area (Å²) in [6, 6.07) is 6.56. The number of carbonyl (C=O) groups excluding carboxylic acids is 1. The van der Waals surface area contributed by atoms with Crippen molar-refractivity contribution in [2.45, 2.75) is 19.1 Å². The molecule has 0 saturated carbocycles. The third kappa shape index (κ3) is 4.23. The minimum absolute atomic E-state index is 0.125. The maximum atomic E-state index is 12.3. The van der Waals surface area contributed by atoms with Crippen molar-refractivity contribution in [1.82, 2.24) is 15.1 Å². The van der Waals surface area contributed by atoms with Gasteiger partial charge in [0.15, 0.2) is 0 Å². The number of thioether (sulfide) groups is 1. The third-order valence-corrected chi connectivity index (χ3v) is 4.06. The largest absolute Gasteiger partial charge is 0.383 e. The Kier molecular flexibility index (Phi) is 6.00. The number of aliphatic hydroxyl groups is 1. The summed E-state index contributed by atoms with van der Waals surface area (Å²) in [7, 11) is 0. The molecule has 0 unspecified atom stereocenters. The summed E-state index contributed by atoms with van der Waals surface area (Å²) < 4.78 is 1.17. The quantitative estimate of drug-likeness (QED) is 0.655. The number of nitrogens with one attached hydrogen (secondary N) is 2. The van der Waals surface area contributed by atoms with E-state index in [1.165, 1.54) is 4.68 Å². The van der Waals surface area contributed by atoms with Crippen LogP contribution in [0.4, 0.5) is 0 Å². The number of amides is 1. The van der Waals surface area contributed by atoms with E-state index in [0.29, 0.717) is 22.9 Å². The van der Waals surface area contributed by atoms with E-state index in [2.05, 4.69) is 10.4 Å². The van der Waals surface area contributed by atoms with Gasteiger partial charge in [0.2, 0.25) is 5.91 Å². The van der Waals surface area contributed by atoms with Gasteiger partial charge in [0, 0.05) is 6.54 Å².